The van der Waals surface area contributed by atoms with Crippen LogP contribution in [0.5, 0.6) is 0 Å². The summed E-state index contributed by atoms with van der Waals surface area (Å²) in [6.07, 6.45) is 0. The summed E-state index contributed by atoms with van der Waals surface area (Å²) in [5, 5.41) is 2.71. The predicted octanol–water partition coefficient (Wildman–Crippen LogP) is 3.60. The molecule has 0 bridgehead atoms. The van der Waals surface area contributed by atoms with E-state index in [0.717, 1.165) is 16.1 Å². The number of hydrogen-bond donors (Lipinski definition) is 1. The van der Waals surface area contributed by atoms with Gasteiger partial charge in [0.25, 0.3) is 5.91 Å². The molecule has 0 radical (unpaired) electrons. The minimum absolute atomic E-state index is 0. The van der Waals surface area contributed by atoms with Crippen LogP contribution in [0.4, 0.5) is 0 Å². The average Bonchev–Trinajstić information content (AvgIpc) is 2.96. The summed E-state index contributed by atoms with van der Waals surface area (Å²) in [5.41, 5.74) is 8.38. The third-order valence-corrected chi connectivity index (χ3v) is 4.54. The van der Waals surface area contributed by atoms with Crippen LogP contribution in [0.3, 0.4) is 0 Å². The number of thiazole rings is 1. The number of aromatic nitrogens is 1. The lowest BCUT2D eigenvalue weighted by Gasteiger charge is -2.28. The van der Waals surface area contributed by atoms with E-state index in [1.165, 1.54) is 11.3 Å². The molecule has 1 heterocycles. The van der Waals surface area contributed by atoms with Gasteiger partial charge in [-0.25, -0.2) is 4.98 Å². The van der Waals surface area contributed by atoms with Crippen molar-refractivity contribution in [3.8, 4) is 10.6 Å². The van der Waals surface area contributed by atoms with Gasteiger partial charge in [0.15, 0.2) is 0 Å². The lowest BCUT2D eigenvalue weighted by Crippen LogP contribution is -2.39. The first-order chi connectivity index (χ1) is 10.3. The Morgan fingerprint density at radius 3 is 2.61 bits per heavy atom. The molecule has 0 saturated heterocycles. The highest BCUT2D eigenvalue weighted by atomic mass is 35.5. The quantitative estimate of drug-likeness (QED) is 0.893. The minimum Gasteiger partial charge on any atom is -0.340 e. The van der Waals surface area contributed by atoms with Gasteiger partial charge in [0.1, 0.15) is 10.7 Å². The number of nitrogens with zero attached hydrogens (tertiary/aromatic N) is 2. The van der Waals surface area contributed by atoms with Crippen LogP contribution in [0.25, 0.3) is 10.6 Å². The van der Waals surface area contributed by atoms with Crippen molar-refractivity contribution in [1.82, 2.24) is 9.88 Å². The Morgan fingerprint density at radius 1 is 1.35 bits per heavy atom. The third kappa shape index (κ3) is 4.77. The fourth-order valence-electron chi connectivity index (χ4n) is 2.28. The smallest absolute Gasteiger partial charge is 0.273 e. The molecule has 6 heteroatoms. The summed E-state index contributed by atoms with van der Waals surface area (Å²) >= 11 is 1.50. The lowest BCUT2D eigenvalue weighted by molar-refractivity contribution is 0.0735. The normalized spacial score (nSPS) is 11.0. The van der Waals surface area contributed by atoms with E-state index >= 15 is 0 Å². The third-order valence-electron chi connectivity index (χ3n) is 3.66. The van der Waals surface area contributed by atoms with Crippen molar-refractivity contribution in [2.45, 2.75) is 20.8 Å². The largest absolute Gasteiger partial charge is 0.340 e. The average molecular weight is 354 g/mol. The molecular formula is C17H24ClN3OS. The van der Waals surface area contributed by atoms with E-state index in [0.29, 0.717) is 18.8 Å². The Kier molecular flexibility index (Phi) is 6.74. The van der Waals surface area contributed by atoms with E-state index in [9.17, 15) is 4.79 Å². The minimum atomic E-state index is -0.0979. The Bertz CT molecular complexity index is 669. The summed E-state index contributed by atoms with van der Waals surface area (Å²) in [6, 6.07) is 8.07. The second-order valence-electron chi connectivity index (χ2n) is 6.38. The highest BCUT2D eigenvalue weighted by molar-refractivity contribution is 7.13. The van der Waals surface area contributed by atoms with E-state index in [1.807, 2.05) is 36.6 Å². The van der Waals surface area contributed by atoms with E-state index < -0.39 is 0 Å². The number of carbonyl (C=O) groups excluding carboxylic acids is 1. The summed E-state index contributed by atoms with van der Waals surface area (Å²) in [4.78, 5) is 18.7. The Labute approximate surface area is 148 Å². The molecular weight excluding hydrogens is 330 g/mol. The summed E-state index contributed by atoms with van der Waals surface area (Å²) in [7, 11) is 1.80. The molecule has 1 aromatic carbocycles. The molecule has 1 amide bonds. The monoisotopic (exact) mass is 353 g/mol. The number of nitrogens with two attached hydrogens (primary N) is 1. The molecule has 0 atom stereocenters. The number of hydrogen-bond acceptors (Lipinski definition) is 4. The fourth-order valence-corrected chi connectivity index (χ4v) is 3.17. The van der Waals surface area contributed by atoms with E-state index in [-0.39, 0.29) is 23.7 Å². The van der Waals surface area contributed by atoms with Crippen LogP contribution in [-0.2, 0) is 0 Å². The van der Waals surface area contributed by atoms with Crippen molar-refractivity contribution in [2.24, 2.45) is 11.1 Å². The van der Waals surface area contributed by atoms with Crippen molar-refractivity contribution in [3.05, 3.63) is 40.9 Å². The highest BCUT2D eigenvalue weighted by Crippen LogP contribution is 2.27. The van der Waals surface area contributed by atoms with Crippen LogP contribution in [0.2, 0.25) is 0 Å². The standard InChI is InChI=1S/C17H23N3OS.ClH/c1-12-7-5-6-8-13(12)15-19-14(9-22-15)16(21)20(4)11-17(2,3)10-18;/h5-9H,10-11,18H2,1-4H3;1H. The van der Waals surface area contributed by atoms with Crippen molar-refractivity contribution in [1.29, 1.82) is 0 Å². The Hall–Kier alpha value is -1.43. The van der Waals surface area contributed by atoms with Gasteiger partial charge in [0.2, 0.25) is 0 Å². The number of carbonyl (C=O) groups is 1. The maximum Gasteiger partial charge on any atom is 0.273 e. The summed E-state index contributed by atoms with van der Waals surface area (Å²) in [6.45, 7) is 7.30. The van der Waals surface area contributed by atoms with Gasteiger partial charge in [-0.3, -0.25) is 4.79 Å². The van der Waals surface area contributed by atoms with Gasteiger partial charge in [-0.15, -0.1) is 23.7 Å². The van der Waals surface area contributed by atoms with Crippen molar-refractivity contribution < 1.29 is 4.79 Å². The van der Waals surface area contributed by atoms with Gasteiger partial charge >= 0.3 is 0 Å². The van der Waals surface area contributed by atoms with Gasteiger partial charge in [0, 0.05) is 24.5 Å². The molecule has 0 aliphatic rings. The molecule has 0 aliphatic heterocycles. The zero-order chi connectivity index (χ0) is 16.3. The summed E-state index contributed by atoms with van der Waals surface area (Å²) < 4.78 is 0. The number of amides is 1. The Morgan fingerprint density at radius 2 is 2.00 bits per heavy atom. The topological polar surface area (TPSA) is 59.2 Å². The van der Waals surface area contributed by atoms with Gasteiger partial charge in [-0.05, 0) is 24.4 Å². The first kappa shape index (κ1) is 19.6. The molecule has 0 unspecified atom stereocenters. The van der Waals surface area contributed by atoms with E-state index in [4.69, 9.17) is 5.73 Å². The predicted molar refractivity (Wildman–Crippen MR) is 99.3 cm³/mol. The number of aryl methyl sites for hydroxylation is 1. The molecule has 4 nitrogen and oxygen atoms in total. The molecule has 0 saturated carbocycles. The van der Waals surface area contributed by atoms with Gasteiger partial charge in [0.05, 0.1) is 0 Å². The maximum absolute atomic E-state index is 12.5. The fraction of sp³-hybridized carbons (Fsp3) is 0.412. The van der Waals surface area contributed by atoms with Crippen LogP contribution < -0.4 is 5.73 Å². The Balaban J connectivity index is 0.00000264. The number of rotatable bonds is 5. The van der Waals surface area contributed by atoms with Crippen LogP contribution >= 0.6 is 23.7 Å². The van der Waals surface area contributed by atoms with E-state index in [2.05, 4.69) is 18.8 Å². The second-order valence-corrected chi connectivity index (χ2v) is 7.24. The molecule has 0 fully saturated rings. The first-order valence-electron chi connectivity index (χ1n) is 7.31. The van der Waals surface area contributed by atoms with Gasteiger partial charge < -0.3 is 10.6 Å². The van der Waals surface area contributed by atoms with Crippen LogP contribution in [0, 0.1) is 12.3 Å². The van der Waals surface area contributed by atoms with Gasteiger partial charge in [-0.1, -0.05) is 38.1 Å². The van der Waals surface area contributed by atoms with Crippen LogP contribution in [0.1, 0.15) is 29.9 Å². The van der Waals surface area contributed by atoms with Crippen LogP contribution in [0.15, 0.2) is 29.6 Å². The molecule has 1 aromatic heterocycles. The molecule has 2 rings (SSSR count). The first-order valence-corrected chi connectivity index (χ1v) is 8.19. The van der Waals surface area contributed by atoms with Crippen LogP contribution in [-0.4, -0.2) is 35.9 Å². The molecule has 126 valence electrons. The second kappa shape index (κ2) is 7.90. The highest BCUT2D eigenvalue weighted by Gasteiger charge is 2.23. The summed E-state index contributed by atoms with van der Waals surface area (Å²) in [5.74, 6) is -0.0578. The molecule has 0 aliphatic carbocycles. The van der Waals surface area contributed by atoms with E-state index in [1.54, 1.807) is 11.9 Å². The van der Waals surface area contributed by atoms with Gasteiger partial charge in [-0.2, -0.15) is 0 Å². The maximum atomic E-state index is 12.5. The number of benzene rings is 1. The van der Waals surface area contributed by atoms with Crippen molar-refractivity contribution >= 4 is 29.7 Å². The van der Waals surface area contributed by atoms with Crippen molar-refractivity contribution in [2.75, 3.05) is 20.1 Å². The zero-order valence-electron chi connectivity index (χ0n) is 14.0. The SMILES string of the molecule is Cc1ccccc1-c1nc(C(=O)N(C)CC(C)(C)CN)cs1.Cl. The van der Waals surface area contributed by atoms with Crippen molar-refractivity contribution in [3.63, 3.8) is 0 Å². The molecule has 0 spiro atoms. The number of halogens is 1. The molecule has 2 aromatic rings. The molecule has 2 N–H and O–H groups in total. The lowest BCUT2D eigenvalue weighted by atomic mass is 9.93. The molecule has 23 heavy (non-hydrogen) atoms. The zero-order valence-corrected chi connectivity index (χ0v) is 15.6.